The van der Waals surface area contributed by atoms with E-state index in [0.717, 1.165) is 18.9 Å². The van der Waals surface area contributed by atoms with Gasteiger partial charge in [0.2, 0.25) is 0 Å². The van der Waals surface area contributed by atoms with Gasteiger partial charge in [0, 0.05) is 11.5 Å². The first-order chi connectivity index (χ1) is 10.1. The Kier molecular flexibility index (Phi) is 2.90. The van der Waals surface area contributed by atoms with E-state index in [9.17, 15) is 9.90 Å². The number of rotatable bonds is 1. The molecular weight excluding hydrogens is 262 g/mol. The number of likely N-dealkylation sites (tertiary alicyclic amines) is 1. The Balaban J connectivity index is 1.89. The Morgan fingerprint density at radius 3 is 3.00 bits per heavy atom. The lowest BCUT2D eigenvalue weighted by atomic mass is 9.52. The summed E-state index contributed by atoms with van der Waals surface area (Å²) < 4.78 is 0. The van der Waals surface area contributed by atoms with Crippen LogP contribution in [0.5, 0.6) is 0 Å². The molecule has 3 nitrogen and oxygen atoms in total. The molecule has 1 aromatic rings. The van der Waals surface area contributed by atoms with E-state index < -0.39 is 5.97 Å². The van der Waals surface area contributed by atoms with Crippen LogP contribution in [0.15, 0.2) is 18.2 Å². The number of carboxylic acids is 1. The van der Waals surface area contributed by atoms with Crippen LogP contribution in [0.3, 0.4) is 0 Å². The van der Waals surface area contributed by atoms with E-state index in [0.29, 0.717) is 11.6 Å². The summed E-state index contributed by atoms with van der Waals surface area (Å²) in [5, 5.41) is 9.34. The number of aromatic carboxylic acids is 1. The molecule has 1 saturated heterocycles. The third kappa shape index (κ3) is 1.80. The molecule has 0 unspecified atom stereocenters. The molecule has 2 fully saturated rings. The second kappa shape index (κ2) is 4.57. The van der Waals surface area contributed by atoms with Gasteiger partial charge in [-0.2, -0.15) is 0 Å². The molecule has 1 heterocycles. The monoisotopic (exact) mass is 285 g/mol. The lowest BCUT2D eigenvalue weighted by molar-refractivity contribution is 0.00279. The van der Waals surface area contributed by atoms with Crippen LogP contribution in [0.25, 0.3) is 0 Å². The molecule has 4 rings (SSSR count). The number of carboxylic acid groups (broad SMARTS) is 1. The molecule has 3 atom stereocenters. The molecule has 1 aromatic carbocycles. The van der Waals surface area contributed by atoms with E-state index in [2.05, 4.69) is 18.0 Å². The molecule has 2 aliphatic carbocycles. The van der Waals surface area contributed by atoms with E-state index in [1.807, 2.05) is 6.07 Å². The standard InChI is InChI=1S/C18H23NO2/c1-19-9-8-18-7-3-2-4-14(18)16(19)11-12-5-6-13(17(20)21)10-15(12)18/h5-6,10,14,16H,2-4,7-9,11H2,1H3,(H,20,21)/t14-,16+,18+/m1/s1. The number of benzene rings is 1. The van der Waals surface area contributed by atoms with Gasteiger partial charge < -0.3 is 10.0 Å². The van der Waals surface area contributed by atoms with Gasteiger partial charge in [0.1, 0.15) is 0 Å². The average Bonchev–Trinajstić information content (AvgIpc) is 2.50. The zero-order valence-electron chi connectivity index (χ0n) is 12.6. The minimum atomic E-state index is -0.795. The fraction of sp³-hybridized carbons (Fsp3) is 0.611. The number of fused-ring (bicyclic) bond motifs is 1. The number of piperidine rings is 1. The molecule has 2 bridgehead atoms. The first kappa shape index (κ1) is 13.3. The van der Waals surface area contributed by atoms with Gasteiger partial charge in [-0.15, -0.1) is 0 Å². The summed E-state index contributed by atoms with van der Waals surface area (Å²) in [4.78, 5) is 13.9. The highest BCUT2D eigenvalue weighted by atomic mass is 16.4. The maximum Gasteiger partial charge on any atom is 0.335 e. The minimum Gasteiger partial charge on any atom is -0.478 e. The second-order valence-electron chi connectivity index (χ2n) is 7.19. The van der Waals surface area contributed by atoms with Gasteiger partial charge in [0.05, 0.1) is 5.56 Å². The van der Waals surface area contributed by atoms with Crippen molar-refractivity contribution in [3.63, 3.8) is 0 Å². The maximum atomic E-state index is 11.4. The van der Waals surface area contributed by atoms with E-state index in [-0.39, 0.29) is 5.41 Å². The smallest absolute Gasteiger partial charge is 0.335 e. The van der Waals surface area contributed by atoms with Gasteiger partial charge in [-0.05, 0) is 68.5 Å². The zero-order valence-corrected chi connectivity index (χ0v) is 12.6. The second-order valence-corrected chi connectivity index (χ2v) is 7.19. The number of hydrogen-bond acceptors (Lipinski definition) is 2. The maximum absolute atomic E-state index is 11.4. The fourth-order valence-electron chi connectivity index (χ4n) is 5.33. The van der Waals surface area contributed by atoms with Crippen LogP contribution in [0.1, 0.15) is 53.6 Å². The van der Waals surface area contributed by atoms with Crippen LogP contribution in [0.4, 0.5) is 0 Å². The lowest BCUT2D eigenvalue weighted by Crippen LogP contribution is -2.59. The Hall–Kier alpha value is -1.35. The molecule has 0 radical (unpaired) electrons. The van der Waals surface area contributed by atoms with Crippen molar-refractivity contribution in [1.29, 1.82) is 0 Å². The third-order valence-electron chi connectivity index (χ3n) is 6.36. The molecule has 21 heavy (non-hydrogen) atoms. The molecule has 3 aliphatic rings. The Bertz CT molecular complexity index is 597. The van der Waals surface area contributed by atoms with Crippen molar-refractivity contribution in [2.24, 2.45) is 5.92 Å². The van der Waals surface area contributed by atoms with Gasteiger partial charge in [-0.1, -0.05) is 18.9 Å². The number of carbonyl (C=O) groups is 1. The number of hydrogen-bond donors (Lipinski definition) is 1. The first-order valence-electron chi connectivity index (χ1n) is 8.19. The van der Waals surface area contributed by atoms with Crippen molar-refractivity contribution in [1.82, 2.24) is 4.90 Å². The third-order valence-corrected chi connectivity index (χ3v) is 6.36. The van der Waals surface area contributed by atoms with E-state index >= 15 is 0 Å². The molecule has 1 saturated carbocycles. The largest absolute Gasteiger partial charge is 0.478 e. The fourth-order valence-corrected chi connectivity index (χ4v) is 5.33. The van der Waals surface area contributed by atoms with Gasteiger partial charge in [-0.25, -0.2) is 4.79 Å². The summed E-state index contributed by atoms with van der Waals surface area (Å²) in [5.74, 6) is -0.0712. The molecule has 0 amide bonds. The quantitative estimate of drug-likeness (QED) is 0.862. The van der Waals surface area contributed by atoms with Crippen molar-refractivity contribution in [3.05, 3.63) is 34.9 Å². The molecular formula is C18H23NO2. The average molecular weight is 285 g/mol. The van der Waals surface area contributed by atoms with E-state index in [4.69, 9.17) is 0 Å². The molecule has 112 valence electrons. The highest BCUT2D eigenvalue weighted by Gasteiger charge is 2.53. The van der Waals surface area contributed by atoms with Crippen LogP contribution >= 0.6 is 0 Å². The molecule has 0 aromatic heterocycles. The van der Waals surface area contributed by atoms with E-state index in [1.54, 1.807) is 6.07 Å². The molecule has 3 heteroatoms. The number of nitrogens with zero attached hydrogens (tertiary/aromatic N) is 1. The first-order valence-corrected chi connectivity index (χ1v) is 8.19. The Labute approximate surface area is 126 Å². The predicted molar refractivity (Wildman–Crippen MR) is 81.8 cm³/mol. The summed E-state index contributed by atoms with van der Waals surface area (Å²) in [5.41, 5.74) is 3.49. The van der Waals surface area contributed by atoms with Gasteiger partial charge in [0.25, 0.3) is 0 Å². The van der Waals surface area contributed by atoms with Crippen molar-refractivity contribution >= 4 is 5.97 Å². The summed E-state index contributed by atoms with van der Waals surface area (Å²) in [6.07, 6.45) is 7.48. The van der Waals surface area contributed by atoms with Crippen molar-refractivity contribution in [2.45, 2.75) is 50.0 Å². The van der Waals surface area contributed by atoms with Crippen molar-refractivity contribution < 1.29 is 9.90 Å². The Morgan fingerprint density at radius 2 is 2.19 bits per heavy atom. The predicted octanol–water partition coefficient (Wildman–Crippen LogP) is 3.07. The van der Waals surface area contributed by atoms with Crippen LogP contribution in [-0.4, -0.2) is 35.6 Å². The van der Waals surface area contributed by atoms with Gasteiger partial charge in [-0.3, -0.25) is 0 Å². The molecule has 1 aliphatic heterocycles. The lowest BCUT2D eigenvalue weighted by Gasteiger charge is -2.58. The van der Waals surface area contributed by atoms with Crippen molar-refractivity contribution in [2.75, 3.05) is 13.6 Å². The zero-order chi connectivity index (χ0) is 14.6. The molecule has 0 spiro atoms. The van der Waals surface area contributed by atoms with Crippen LogP contribution in [0, 0.1) is 5.92 Å². The van der Waals surface area contributed by atoms with Gasteiger partial charge >= 0.3 is 5.97 Å². The summed E-state index contributed by atoms with van der Waals surface area (Å²) in [6.45, 7) is 1.15. The van der Waals surface area contributed by atoms with Crippen LogP contribution < -0.4 is 0 Å². The van der Waals surface area contributed by atoms with E-state index in [1.165, 1.54) is 43.2 Å². The summed E-state index contributed by atoms with van der Waals surface area (Å²) >= 11 is 0. The SMILES string of the molecule is CN1CC[C@@]23CCCC[C@@H]2[C@@H]1Cc1ccc(C(=O)O)cc13. The summed E-state index contributed by atoms with van der Waals surface area (Å²) in [6, 6.07) is 6.52. The highest BCUT2D eigenvalue weighted by molar-refractivity contribution is 5.88. The molecule has 1 N–H and O–H groups in total. The van der Waals surface area contributed by atoms with Crippen molar-refractivity contribution in [3.8, 4) is 0 Å². The van der Waals surface area contributed by atoms with Crippen LogP contribution in [0.2, 0.25) is 0 Å². The normalized spacial score (nSPS) is 34.9. The highest BCUT2D eigenvalue weighted by Crippen LogP contribution is 2.55. The van der Waals surface area contributed by atoms with Gasteiger partial charge in [0.15, 0.2) is 0 Å². The minimum absolute atomic E-state index is 0.258. The van der Waals surface area contributed by atoms with Crippen LogP contribution in [-0.2, 0) is 11.8 Å². The topological polar surface area (TPSA) is 40.5 Å². The summed E-state index contributed by atoms with van der Waals surface area (Å²) in [7, 11) is 2.26. The Morgan fingerprint density at radius 1 is 1.33 bits per heavy atom. The number of likely N-dealkylation sites (N-methyl/N-ethyl adjacent to an activating group) is 1.